The zero-order chi connectivity index (χ0) is 27.2. The van der Waals surface area contributed by atoms with Gasteiger partial charge in [-0.2, -0.15) is 5.26 Å². The molecule has 3 aromatic carbocycles. The molecule has 0 aliphatic carbocycles. The lowest BCUT2D eigenvalue weighted by Gasteiger charge is -2.34. The molecular formula is C29H27Cl2N5O2. The first-order valence-electron chi connectivity index (χ1n) is 12.2. The minimum Gasteiger partial charge on any atom is -0.378 e. The molecule has 9 heteroatoms. The summed E-state index contributed by atoms with van der Waals surface area (Å²) < 4.78 is 0. The van der Waals surface area contributed by atoms with Crippen LogP contribution in [0.4, 0.5) is 16.2 Å². The van der Waals surface area contributed by atoms with Crippen molar-refractivity contribution < 1.29 is 9.59 Å². The van der Waals surface area contributed by atoms with E-state index in [-0.39, 0.29) is 11.8 Å². The third kappa shape index (κ3) is 4.39. The summed E-state index contributed by atoms with van der Waals surface area (Å²) in [5.41, 5.74) is 2.87. The van der Waals surface area contributed by atoms with Crippen LogP contribution in [0.15, 0.2) is 66.7 Å². The maximum absolute atomic E-state index is 14.3. The molecule has 0 bridgehead atoms. The van der Waals surface area contributed by atoms with E-state index in [9.17, 15) is 14.9 Å². The topological polar surface area (TPSA) is 70.9 Å². The van der Waals surface area contributed by atoms with Crippen LogP contribution in [0.1, 0.15) is 22.6 Å². The van der Waals surface area contributed by atoms with Crippen molar-refractivity contribution in [1.82, 2.24) is 9.80 Å². The monoisotopic (exact) mass is 547 g/mol. The molecule has 0 radical (unpaired) electrons. The minimum atomic E-state index is -1.14. The van der Waals surface area contributed by atoms with Gasteiger partial charge in [-0.25, -0.2) is 9.69 Å². The molecule has 2 aliphatic heterocycles. The number of urea groups is 1. The van der Waals surface area contributed by atoms with Gasteiger partial charge in [0.25, 0.3) is 5.91 Å². The van der Waals surface area contributed by atoms with Crippen molar-refractivity contribution in [3.05, 3.63) is 93.5 Å². The molecule has 5 rings (SSSR count). The Labute approximate surface area is 232 Å². The van der Waals surface area contributed by atoms with Crippen molar-refractivity contribution >= 4 is 46.5 Å². The number of rotatable bonds is 5. The van der Waals surface area contributed by atoms with Crippen LogP contribution in [0.2, 0.25) is 10.0 Å². The molecule has 1 spiro atoms. The van der Waals surface area contributed by atoms with E-state index in [0.717, 1.165) is 16.8 Å². The molecule has 2 aliphatic rings. The number of carbonyl (C=O) groups is 2. The molecule has 2 heterocycles. The number of anilines is 2. The van der Waals surface area contributed by atoms with E-state index in [2.05, 4.69) is 35.2 Å². The predicted octanol–water partition coefficient (Wildman–Crippen LogP) is 5.37. The Morgan fingerprint density at radius 1 is 1.00 bits per heavy atom. The summed E-state index contributed by atoms with van der Waals surface area (Å²) in [6, 6.07) is 22.0. The van der Waals surface area contributed by atoms with E-state index in [4.69, 9.17) is 23.2 Å². The second-order valence-electron chi connectivity index (χ2n) is 10.1. The van der Waals surface area contributed by atoms with Crippen LogP contribution in [-0.2, 0) is 11.3 Å². The van der Waals surface area contributed by atoms with Crippen molar-refractivity contribution in [3.8, 4) is 6.07 Å². The van der Waals surface area contributed by atoms with E-state index in [1.54, 1.807) is 42.3 Å². The molecule has 38 heavy (non-hydrogen) atoms. The maximum atomic E-state index is 14.3. The largest absolute Gasteiger partial charge is 0.378 e. The summed E-state index contributed by atoms with van der Waals surface area (Å²) in [5.74, 6) is -0.624. The van der Waals surface area contributed by atoms with Gasteiger partial charge in [-0.05, 0) is 53.6 Å². The third-order valence-corrected chi connectivity index (χ3v) is 7.98. The van der Waals surface area contributed by atoms with Gasteiger partial charge in [0, 0.05) is 62.4 Å². The van der Waals surface area contributed by atoms with Crippen molar-refractivity contribution in [2.75, 3.05) is 44.0 Å². The van der Waals surface area contributed by atoms with Gasteiger partial charge in [-0.15, -0.1) is 0 Å². The Bertz CT molecular complexity index is 1410. The predicted molar refractivity (Wildman–Crippen MR) is 150 cm³/mol. The summed E-state index contributed by atoms with van der Waals surface area (Å²) >= 11 is 12.4. The number of benzene rings is 3. The SMILES string of the molecule is CN(C)c1ccc(CN2CC(c3ccc(C#N)cc3)C3(C2)C(=O)N(c2cc(Cl)cc(Cl)c2)C(=O)N3C)cc1. The molecule has 0 N–H and O–H groups in total. The third-order valence-electron chi connectivity index (χ3n) is 7.54. The number of hydrogen-bond donors (Lipinski definition) is 0. The van der Waals surface area contributed by atoms with Gasteiger partial charge >= 0.3 is 6.03 Å². The molecule has 7 nitrogen and oxygen atoms in total. The average molecular weight is 548 g/mol. The highest BCUT2D eigenvalue weighted by Gasteiger charge is 2.64. The van der Waals surface area contributed by atoms with Gasteiger partial charge in [0.2, 0.25) is 0 Å². The smallest absolute Gasteiger partial charge is 0.332 e. The Hall–Kier alpha value is -3.57. The maximum Gasteiger partial charge on any atom is 0.332 e. The van der Waals surface area contributed by atoms with E-state index < -0.39 is 11.6 Å². The number of imide groups is 1. The second-order valence-corrected chi connectivity index (χ2v) is 10.9. The second kappa shape index (κ2) is 9.95. The highest BCUT2D eigenvalue weighted by molar-refractivity contribution is 6.35. The number of carbonyl (C=O) groups excluding carboxylic acids is 2. The van der Waals surface area contributed by atoms with Crippen LogP contribution < -0.4 is 9.80 Å². The van der Waals surface area contributed by atoms with Crippen molar-refractivity contribution in [2.24, 2.45) is 0 Å². The lowest BCUT2D eigenvalue weighted by molar-refractivity contribution is -0.124. The number of nitriles is 1. The standard InChI is InChI=1S/C29H27Cl2N5O2/c1-33(2)24-10-6-20(7-11-24)16-35-17-26(21-8-4-19(15-32)5-9-21)29(18-35)27(37)36(28(38)34(29)3)25-13-22(30)12-23(31)14-25/h4-14,26H,16-18H2,1-3H3. The van der Waals surface area contributed by atoms with Crippen LogP contribution in [0.5, 0.6) is 0 Å². The summed E-state index contributed by atoms with van der Waals surface area (Å²) in [4.78, 5) is 34.9. The summed E-state index contributed by atoms with van der Waals surface area (Å²) in [7, 11) is 5.68. The van der Waals surface area contributed by atoms with Crippen LogP contribution in [0.25, 0.3) is 0 Å². The van der Waals surface area contributed by atoms with Gasteiger partial charge < -0.3 is 9.80 Å². The fraction of sp³-hybridized carbons (Fsp3) is 0.276. The van der Waals surface area contributed by atoms with Crippen LogP contribution >= 0.6 is 23.2 Å². The Kier molecular flexibility index (Phi) is 6.83. The lowest BCUT2D eigenvalue weighted by Crippen LogP contribution is -2.53. The quantitative estimate of drug-likeness (QED) is 0.401. The molecule has 2 fully saturated rings. The first kappa shape index (κ1) is 26.1. The van der Waals surface area contributed by atoms with E-state index in [1.165, 1.54) is 4.90 Å². The molecule has 0 aromatic heterocycles. The number of likely N-dealkylation sites (N-methyl/N-ethyl adjacent to an activating group) is 1. The normalized spacial score (nSPS) is 21.4. The fourth-order valence-electron chi connectivity index (χ4n) is 5.57. The van der Waals surface area contributed by atoms with Gasteiger partial charge in [-0.3, -0.25) is 9.69 Å². The first-order valence-corrected chi connectivity index (χ1v) is 13.0. The average Bonchev–Trinajstić information content (AvgIpc) is 3.35. The lowest BCUT2D eigenvalue weighted by atomic mass is 9.80. The number of nitrogens with zero attached hydrogens (tertiary/aromatic N) is 5. The molecule has 3 aromatic rings. The highest BCUT2D eigenvalue weighted by Crippen LogP contribution is 2.47. The van der Waals surface area contributed by atoms with E-state index in [0.29, 0.717) is 40.9 Å². The number of amides is 3. The molecule has 2 saturated heterocycles. The number of halogens is 2. The Balaban J connectivity index is 1.54. The van der Waals surface area contributed by atoms with Crippen molar-refractivity contribution in [2.45, 2.75) is 18.0 Å². The minimum absolute atomic E-state index is 0.308. The van der Waals surface area contributed by atoms with Gasteiger partial charge in [0.05, 0.1) is 17.3 Å². The molecule has 0 saturated carbocycles. The van der Waals surface area contributed by atoms with Crippen molar-refractivity contribution in [3.63, 3.8) is 0 Å². The molecular weight excluding hydrogens is 521 g/mol. The van der Waals surface area contributed by atoms with Crippen molar-refractivity contribution in [1.29, 1.82) is 5.26 Å². The number of hydrogen-bond acceptors (Lipinski definition) is 5. The molecule has 2 atom stereocenters. The zero-order valence-electron chi connectivity index (χ0n) is 21.4. The first-order chi connectivity index (χ1) is 18.1. The van der Waals surface area contributed by atoms with Gasteiger partial charge in [0.1, 0.15) is 5.54 Å². The molecule has 3 amide bonds. The van der Waals surface area contributed by atoms with E-state index >= 15 is 0 Å². The van der Waals surface area contributed by atoms with Crippen LogP contribution in [0, 0.1) is 11.3 Å². The fourth-order valence-corrected chi connectivity index (χ4v) is 6.09. The van der Waals surface area contributed by atoms with Crippen LogP contribution in [0.3, 0.4) is 0 Å². The van der Waals surface area contributed by atoms with Gasteiger partial charge in [0.15, 0.2) is 0 Å². The van der Waals surface area contributed by atoms with E-state index in [1.807, 2.05) is 31.1 Å². The zero-order valence-corrected chi connectivity index (χ0v) is 22.9. The highest BCUT2D eigenvalue weighted by atomic mass is 35.5. The number of likely N-dealkylation sites (tertiary alicyclic amines) is 1. The summed E-state index contributed by atoms with van der Waals surface area (Å²) in [6.07, 6.45) is 0. The van der Waals surface area contributed by atoms with Crippen LogP contribution in [-0.4, -0.2) is 61.5 Å². The summed E-state index contributed by atoms with van der Waals surface area (Å²) in [6.45, 7) is 1.55. The molecule has 2 unspecified atom stereocenters. The Morgan fingerprint density at radius 2 is 1.63 bits per heavy atom. The summed E-state index contributed by atoms with van der Waals surface area (Å²) in [5, 5.41) is 9.97. The molecule has 194 valence electrons. The van der Waals surface area contributed by atoms with Gasteiger partial charge in [-0.1, -0.05) is 47.5 Å². The Morgan fingerprint density at radius 3 is 2.21 bits per heavy atom.